The summed E-state index contributed by atoms with van der Waals surface area (Å²) >= 11 is 5.78. The smallest absolute Gasteiger partial charge is 0.407 e. The molecule has 2 N–H and O–H groups in total. The Bertz CT molecular complexity index is 526. The first kappa shape index (κ1) is 19.5. The Hall–Kier alpha value is -1.51. The van der Waals surface area contributed by atoms with Gasteiger partial charge >= 0.3 is 12.1 Å². The first-order valence-electron chi connectivity index (χ1n) is 6.75. The summed E-state index contributed by atoms with van der Waals surface area (Å²) in [6.45, 7) is -0.186. The van der Waals surface area contributed by atoms with Gasteiger partial charge in [0.2, 0.25) is 0 Å². The summed E-state index contributed by atoms with van der Waals surface area (Å²) in [6, 6.07) is 2.16. The van der Waals surface area contributed by atoms with Gasteiger partial charge in [0.05, 0.1) is 7.11 Å². The van der Waals surface area contributed by atoms with Crippen molar-refractivity contribution in [1.82, 2.24) is 10.6 Å². The van der Waals surface area contributed by atoms with E-state index in [1.165, 1.54) is 18.2 Å². The van der Waals surface area contributed by atoms with Gasteiger partial charge in [-0.2, -0.15) is 13.2 Å². The molecule has 1 atom stereocenters. The van der Waals surface area contributed by atoms with E-state index in [9.17, 15) is 18.0 Å². The van der Waals surface area contributed by atoms with Crippen LogP contribution in [-0.4, -0.2) is 52.0 Å². The lowest BCUT2D eigenvalue weighted by Gasteiger charge is -2.22. The molecule has 0 bridgehead atoms. The fourth-order valence-electron chi connectivity index (χ4n) is 1.71. The minimum absolute atomic E-state index is 0.0223. The van der Waals surface area contributed by atoms with Gasteiger partial charge in [-0.05, 0) is 25.2 Å². The summed E-state index contributed by atoms with van der Waals surface area (Å²) in [5.74, 6) is -0.764. The van der Waals surface area contributed by atoms with Gasteiger partial charge in [0.25, 0.3) is 0 Å². The topological polar surface area (TPSA) is 59.6 Å². The number of hydrogen-bond donors (Lipinski definition) is 2. The van der Waals surface area contributed by atoms with Crippen molar-refractivity contribution >= 4 is 17.6 Å². The second-order valence-electron chi connectivity index (χ2n) is 4.59. The zero-order valence-electron chi connectivity index (χ0n) is 12.7. The Labute approximate surface area is 137 Å². The van der Waals surface area contributed by atoms with E-state index in [0.29, 0.717) is 6.54 Å². The molecule has 0 saturated carbocycles. The van der Waals surface area contributed by atoms with E-state index in [4.69, 9.17) is 16.3 Å². The summed E-state index contributed by atoms with van der Waals surface area (Å²) in [6.07, 6.45) is -4.48. The van der Waals surface area contributed by atoms with Gasteiger partial charge in [-0.3, -0.25) is 0 Å². The highest BCUT2D eigenvalue weighted by Crippen LogP contribution is 2.26. The van der Waals surface area contributed by atoms with Crippen LogP contribution in [-0.2, 0) is 4.74 Å². The van der Waals surface area contributed by atoms with Gasteiger partial charge < -0.3 is 20.1 Å². The number of esters is 1. The van der Waals surface area contributed by atoms with Crippen molar-refractivity contribution in [3.63, 3.8) is 0 Å². The van der Waals surface area contributed by atoms with Crippen molar-refractivity contribution in [2.75, 3.05) is 33.9 Å². The van der Waals surface area contributed by atoms with E-state index < -0.39 is 24.8 Å². The lowest BCUT2D eigenvalue weighted by molar-refractivity contribution is -0.161. The molecule has 0 radical (unpaired) electrons. The SMILES string of the molecule is CNCCNC(COc1ccc(Cl)cc1C(=O)OC)C(F)(F)F. The molecule has 1 unspecified atom stereocenters. The molecule has 5 nitrogen and oxygen atoms in total. The van der Waals surface area contributed by atoms with E-state index in [1.54, 1.807) is 7.05 Å². The fourth-order valence-corrected chi connectivity index (χ4v) is 1.88. The number of benzene rings is 1. The van der Waals surface area contributed by atoms with Crippen molar-refractivity contribution in [3.8, 4) is 5.75 Å². The number of carbonyl (C=O) groups excluding carboxylic acids is 1. The average molecular weight is 355 g/mol. The Morgan fingerprint density at radius 2 is 2.04 bits per heavy atom. The fraction of sp³-hybridized carbons (Fsp3) is 0.500. The number of likely N-dealkylation sites (N-methyl/N-ethyl adjacent to an activating group) is 1. The standard InChI is InChI=1S/C14H18ClF3N2O3/c1-19-5-6-20-12(14(16,17)18)8-23-11-4-3-9(15)7-10(11)13(21)22-2/h3-4,7,12,19-20H,5-6,8H2,1-2H3. The quantitative estimate of drug-likeness (QED) is 0.554. The number of halogens is 4. The summed E-state index contributed by atoms with van der Waals surface area (Å²) in [5, 5.41) is 5.34. The molecule has 1 aromatic rings. The highest BCUT2D eigenvalue weighted by molar-refractivity contribution is 6.31. The normalized spacial score (nSPS) is 12.8. The van der Waals surface area contributed by atoms with Crippen molar-refractivity contribution in [1.29, 1.82) is 0 Å². The van der Waals surface area contributed by atoms with Crippen LogP contribution in [0.2, 0.25) is 5.02 Å². The molecule has 0 heterocycles. The Kier molecular flexibility index (Phi) is 7.60. The summed E-state index contributed by atoms with van der Waals surface area (Å²) in [5.41, 5.74) is -0.0313. The predicted molar refractivity (Wildman–Crippen MR) is 80.1 cm³/mol. The van der Waals surface area contributed by atoms with E-state index >= 15 is 0 Å². The van der Waals surface area contributed by atoms with Crippen molar-refractivity contribution < 1.29 is 27.4 Å². The molecule has 0 spiro atoms. The predicted octanol–water partition coefficient (Wildman–Crippen LogP) is 2.25. The van der Waals surface area contributed by atoms with Crippen LogP contribution in [0.25, 0.3) is 0 Å². The van der Waals surface area contributed by atoms with Crippen LogP contribution in [0.4, 0.5) is 13.2 Å². The van der Waals surface area contributed by atoms with E-state index in [0.717, 1.165) is 7.11 Å². The van der Waals surface area contributed by atoms with Crippen molar-refractivity contribution in [3.05, 3.63) is 28.8 Å². The molecule has 0 aromatic heterocycles. The molecule has 1 aromatic carbocycles. The van der Waals surface area contributed by atoms with Gasteiger partial charge in [-0.25, -0.2) is 4.79 Å². The van der Waals surface area contributed by atoms with Crippen LogP contribution >= 0.6 is 11.6 Å². The molecule has 23 heavy (non-hydrogen) atoms. The van der Waals surface area contributed by atoms with Crippen LogP contribution in [0.15, 0.2) is 18.2 Å². The molecule has 9 heteroatoms. The van der Waals surface area contributed by atoms with Gasteiger partial charge in [-0.1, -0.05) is 11.6 Å². The molecule has 0 fully saturated rings. The number of ether oxygens (including phenoxy) is 2. The van der Waals surface area contributed by atoms with E-state index in [1.807, 2.05) is 0 Å². The van der Waals surface area contributed by atoms with Gasteiger partial charge in [0, 0.05) is 18.1 Å². The lowest BCUT2D eigenvalue weighted by Crippen LogP contribution is -2.48. The van der Waals surface area contributed by atoms with Crippen molar-refractivity contribution in [2.24, 2.45) is 0 Å². The molecule has 1 rings (SSSR count). The maximum absolute atomic E-state index is 13.0. The Morgan fingerprint density at radius 1 is 1.35 bits per heavy atom. The number of alkyl halides is 3. The second-order valence-corrected chi connectivity index (χ2v) is 5.03. The van der Waals surface area contributed by atoms with Crippen LogP contribution in [0.5, 0.6) is 5.75 Å². The molecule has 0 aliphatic rings. The monoisotopic (exact) mass is 354 g/mol. The largest absolute Gasteiger partial charge is 0.491 e. The first-order valence-corrected chi connectivity index (χ1v) is 7.12. The zero-order chi connectivity index (χ0) is 17.5. The highest BCUT2D eigenvalue weighted by atomic mass is 35.5. The third-order valence-electron chi connectivity index (χ3n) is 2.91. The van der Waals surface area contributed by atoms with Crippen LogP contribution in [0.1, 0.15) is 10.4 Å². The second kappa shape index (κ2) is 8.95. The van der Waals surface area contributed by atoms with Gasteiger partial charge in [-0.15, -0.1) is 0 Å². The maximum Gasteiger partial charge on any atom is 0.407 e. The number of methoxy groups -OCH3 is 1. The molecule has 0 aliphatic heterocycles. The molecular weight excluding hydrogens is 337 g/mol. The zero-order valence-corrected chi connectivity index (χ0v) is 13.4. The van der Waals surface area contributed by atoms with Gasteiger partial charge in [0.1, 0.15) is 24.0 Å². The maximum atomic E-state index is 13.0. The minimum atomic E-state index is -4.48. The first-order chi connectivity index (χ1) is 10.8. The highest BCUT2D eigenvalue weighted by Gasteiger charge is 2.40. The third-order valence-corrected chi connectivity index (χ3v) is 3.15. The third kappa shape index (κ3) is 6.25. The molecule has 130 valence electrons. The number of rotatable bonds is 8. The molecule has 0 amide bonds. The number of nitrogens with one attached hydrogen (secondary N) is 2. The number of carbonyl (C=O) groups is 1. The molecule has 0 aliphatic carbocycles. The summed E-state index contributed by atoms with van der Waals surface area (Å²) in [7, 11) is 2.79. The molecule has 0 saturated heterocycles. The summed E-state index contributed by atoms with van der Waals surface area (Å²) in [4.78, 5) is 11.6. The lowest BCUT2D eigenvalue weighted by atomic mass is 10.2. The van der Waals surface area contributed by atoms with Crippen LogP contribution in [0, 0.1) is 0 Å². The van der Waals surface area contributed by atoms with E-state index in [-0.39, 0.29) is 22.9 Å². The van der Waals surface area contributed by atoms with Crippen molar-refractivity contribution in [2.45, 2.75) is 12.2 Å². The molecular formula is C14H18ClF3N2O3. The summed E-state index contributed by atoms with van der Waals surface area (Å²) < 4.78 is 48.6. The minimum Gasteiger partial charge on any atom is -0.491 e. The Morgan fingerprint density at radius 3 is 2.61 bits per heavy atom. The van der Waals surface area contributed by atoms with Crippen LogP contribution < -0.4 is 15.4 Å². The number of hydrogen-bond acceptors (Lipinski definition) is 5. The van der Waals surface area contributed by atoms with Crippen LogP contribution in [0.3, 0.4) is 0 Å². The average Bonchev–Trinajstić information content (AvgIpc) is 2.49. The van der Waals surface area contributed by atoms with Gasteiger partial charge in [0.15, 0.2) is 0 Å². The Balaban J connectivity index is 2.82. The van der Waals surface area contributed by atoms with E-state index in [2.05, 4.69) is 15.4 Å².